The van der Waals surface area contributed by atoms with Gasteiger partial charge in [-0.15, -0.1) is 0 Å². The standard InChI is InChI=1S/C22H38N4O5S2/c1-14-19(12-18(32-14)20-24-22(31-25-20)16-4-2-5-16)33(28,29)26-9-7-15(8-10-26)21(27)23-13-17-6-3-11-30-17/h14-20,22,24-25H,2-13H2,1H3,(H,23,27). The summed E-state index contributed by atoms with van der Waals surface area (Å²) in [5.41, 5.74) is 3.13. The number of nitrogens with zero attached hydrogens (tertiary/aromatic N) is 1. The van der Waals surface area contributed by atoms with Crippen molar-refractivity contribution in [1.29, 1.82) is 0 Å². The number of hydroxylamine groups is 1. The maximum Gasteiger partial charge on any atom is 0.223 e. The van der Waals surface area contributed by atoms with E-state index in [4.69, 9.17) is 9.57 Å². The number of hydrogen-bond acceptors (Lipinski definition) is 8. The van der Waals surface area contributed by atoms with Crippen LogP contribution in [0.2, 0.25) is 0 Å². The van der Waals surface area contributed by atoms with Gasteiger partial charge in [0.1, 0.15) is 6.23 Å². The molecule has 1 amide bonds. The van der Waals surface area contributed by atoms with Gasteiger partial charge in [0.2, 0.25) is 15.9 Å². The zero-order valence-electron chi connectivity index (χ0n) is 19.4. The van der Waals surface area contributed by atoms with Crippen LogP contribution in [0.3, 0.4) is 0 Å². The van der Waals surface area contributed by atoms with Crippen LogP contribution in [0, 0.1) is 11.8 Å². The fourth-order valence-electron chi connectivity index (χ4n) is 5.70. The van der Waals surface area contributed by atoms with Crippen LogP contribution < -0.4 is 16.1 Å². The Labute approximate surface area is 201 Å². The van der Waals surface area contributed by atoms with E-state index in [0.717, 1.165) is 19.4 Å². The van der Waals surface area contributed by atoms with Crippen LogP contribution in [-0.2, 0) is 24.4 Å². The summed E-state index contributed by atoms with van der Waals surface area (Å²) in [6.07, 6.45) is 7.63. The van der Waals surface area contributed by atoms with Gasteiger partial charge in [-0.3, -0.25) is 14.9 Å². The predicted octanol–water partition coefficient (Wildman–Crippen LogP) is 1.16. The molecule has 0 radical (unpaired) electrons. The van der Waals surface area contributed by atoms with Gasteiger partial charge in [-0.25, -0.2) is 12.7 Å². The normalized spacial score (nSPS) is 39.1. The predicted molar refractivity (Wildman–Crippen MR) is 127 cm³/mol. The molecule has 4 saturated heterocycles. The van der Waals surface area contributed by atoms with Crippen molar-refractivity contribution in [1.82, 2.24) is 20.4 Å². The number of hydrogen-bond donors (Lipinski definition) is 3. The summed E-state index contributed by atoms with van der Waals surface area (Å²) in [7, 11) is -3.41. The van der Waals surface area contributed by atoms with Crippen molar-refractivity contribution in [3.8, 4) is 0 Å². The third-order valence-electron chi connectivity index (χ3n) is 8.09. The third-order valence-corrected chi connectivity index (χ3v) is 12.3. The molecule has 6 atom stereocenters. The molecule has 0 bridgehead atoms. The Hall–Kier alpha value is -0.430. The lowest BCUT2D eigenvalue weighted by Crippen LogP contribution is -2.48. The summed E-state index contributed by atoms with van der Waals surface area (Å²) in [4.78, 5) is 18.3. The summed E-state index contributed by atoms with van der Waals surface area (Å²) in [6, 6.07) is 0. The van der Waals surface area contributed by atoms with Crippen molar-refractivity contribution in [2.45, 2.75) is 92.5 Å². The lowest BCUT2D eigenvalue weighted by Gasteiger charge is -2.33. The van der Waals surface area contributed by atoms with Crippen LogP contribution in [0.4, 0.5) is 0 Å². The molecule has 5 aliphatic rings. The maximum absolute atomic E-state index is 13.5. The molecule has 4 aliphatic heterocycles. The second-order valence-corrected chi connectivity index (χ2v) is 14.0. The highest BCUT2D eigenvalue weighted by atomic mass is 32.2. The first-order valence-electron chi connectivity index (χ1n) is 12.6. The van der Waals surface area contributed by atoms with Crippen molar-refractivity contribution < 1.29 is 22.8 Å². The van der Waals surface area contributed by atoms with Gasteiger partial charge in [-0.05, 0) is 44.9 Å². The quantitative estimate of drug-likeness (QED) is 0.476. The fourth-order valence-corrected chi connectivity index (χ4v) is 9.92. The third kappa shape index (κ3) is 5.24. The van der Waals surface area contributed by atoms with E-state index in [1.807, 2.05) is 6.92 Å². The Kier molecular flexibility index (Phi) is 7.56. The van der Waals surface area contributed by atoms with E-state index in [1.54, 1.807) is 16.1 Å². The van der Waals surface area contributed by atoms with E-state index in [0.29, 0.717) is 44.8 Å². The number of rotatable bonds is 7. The van der Waals surface area contributed by atoms with Crippen molar-refractivity contribution in [2.75, 3.05) is 26.2 Å². The molecule has 5 rings (SSSR count). The summed E-state index contributed by atoms with van der Waals surface area (Å²) < 4.78 is 34.2. The minimum Gasteiger partial charge on any atom is -0.376 e. The van der Waals surface area contributed by atoms with Crippen molar-refractivity contribution in [3.63, 3.8) is 0 Å². The molecule has 33 heavy (non-hydrogen) atoms. The molecule has 9 nitrogen and oxygen atoms in total. The van der Waals surface area contributed by atoms with Crippen molar-refractivity contribution >= 4 is 27.7 Å². The van der Waals surface area contributed by atoms with Gasteiger partial charge in [0.05, 0.1) is 17.5 Å². The zero-order chi connectivity index (χ0) is 23.0. The minimum atomic E-state index is -3.41. The van der Waals surface area contributed by atoms with Gasteiger partial charge >= 0.3 is 0 Å². The monoisotopic (exact) mass is 502 g/mol. The van der Waals surface area contributed by atoms with Gasteiger partial charge < -0.3 is 10.1 Å². The first-order chi connectivity index (χ1) is 15.9. The molecule has 11 heteroatoms. The second kappa shape index (κ2) is 10.3. The van der Waals surface area contributed by atoms with E-state index in [2.05, 4.69) is 16.1 Å². The van der Waals surface area contributed by atoms with Gasteiger partial charge in [-0.1, -0.05) is 13.3 Å². The highest BCUT2D eigenvalue weighted by Gasteiger charge is 2.48. The number of carbonyl (C=O) groups is 1. The van der Waals surface area contributed by atoms with Gasteiger partial charge in [0.15, 0.2) is 0 Å². The average Bonchev–Trinajstić information content (AvgIpc) is 3.52. The Morgan fingerprint density at radius 1 is 1.15 bits per heavy atom. The number of carbonyl (C=O) groups excluding carboxylic acids is 1. The van der Waals surface area contributed by atoms with Crippen LogP contribution in [0.15, 0.2) is 0 Å². The molecule has 0 aromatic rings. The summed E-state index contributed by atoms with van der Waals surface area (Å²) in [6.45, 7) is 4.20. The summed E-state index contributed by atoms with van der Waals surface area (Å²) in [5.74, 6) is 0.482. The molecule has 3 N–H and O–H groups in total. The summed E-state index contributed by atoms with van der Waals surface area (Å²) in [5, 5.41) is 6.33. The molecule has 0 aromatic heterocycles. The topological polar surface area (TPSA) is 109 Å². The van der Waals surface area contributed by atoms with E-state index >= 15 is 0 Å². The van der Waals surface area contributed by atoms with E-state index in [1.165, 1.54) is 19.3 Å². The molecule has 0 spiro atoms. The Bertz CT molecular complexity index is 797. The molecule has 188 valence electrons. The smallest absolute Gasteiger partial charge is 0.223 e. The Balaban J connectivity index is 1.10. The van der Waals surface area contributed by atoms with Crippen LogP contribution in [0.25, 0.3) is 0 Å². The van der Waals surface area contributed by atoms with Crippen LogP contribution in [-0.4, -0.2) is 79.1 Å². The van der Waals surface area contributed by atoms with E-state index in [-0.39, 0.29) is 40.8 Å². The fraction of sp³-hybridized carbons (Fsp3) is 0.955. The maximum atomic E-state index is 13.5. The molecule has 5 fully saturated rings. The molecule has 0 aromatic carbocycles. The minimum absolute atomic E-state index is 0.0125. The highest BCUT2D eigenvalue weighted by Crippen LogP contribution is 2.42. The van der Waals surface area contributed by atoms with Gasteiger partial charge in [0.25, 0.3) is 0 Å². The zero-order valence-corrected chi connectivity index (χ0v) is 21.0. The lowest BCUT2D eigenvalue weighted by atomic mass is 9.84. The first-order valence-corrected chi connectivity index (χ1v) is 15.1. The molecular formula is C22H38N4O5S2. The molecule has 1 saturated carbocycles. The van der Waals surface area contributed by atoms with Crippen molar-refractivity contribution in [3.05, 3.63) is 0 Å². The van der Waals surface area contributed by atoms with Crippen LogP contribution in [0.5, 0.6) is 0 Å². The number of thioether (sulfide) groups is 1. The second-order valence-electron chi connectivity index (χ2n) is 10.2. The molecule has 1 aliphatic carbocycles. The summed E-state index contributed by atoms with van der Waals surface area (Å²) >= 11 is 1.74. The number of amides is 1. The molecule has 4 heterocycles. The van der Waals surface area contributed by atoms with Crippen LogP contribution in [0.1, 0.15) is 58.3 Å². The number of sulfonamides is 1. The highest BCUT2D eigenvalue weighted by molar-refractivity contribution is 8.02. The number of ether oxygens (including phenoxy) is 1. The molecular weight excluding hydrogens is 464 g/mol. The van der Waals surface area contributed by atoms with Gasteiger partial charge in [0, 0.05) is 48.6 Å². The van der Waals surface area contributed by atoms with Crippen LogP contribution >= 0.6 is 11.8 Å². The lowest BCUT2D eigenvalue weighted by molar-refractivity contribution is -0.126. The van der Waals surface area contributed by atoms with Gasteiger partial charge in [-0.2, -0.15) is 17.2 Å². The molecule has 6 unspecified atom stereocenters. The van der Waals surface area contributed by atoms with E-state index in [9.17, 15) is 13.2 Å². The average molecular weight is 503 g/mol. The Morgan fingerprint density at radius 3 is 2.61 bits per heavy atom. The first kappa shape index (κ1) is 24.3. The number of nitrogens with one attached hydrogen (secondary N) is 3. The SMILES string of the molecule is CC1SC(C2NOC(C3CCC3)N2)CC1S(=O)(=O)N1CCC(C(=O)NCC2CCCO2)CC1. The Morgan fingerprint density at radius 2 is 1.94 bits per heavy atom. The van der Waals surface area contributed by atoms with E-state index < -0.39 is 15.3 Å². The van der Waals surface area contributed by atoms with Crippen molar-refractivity contribution in [2.24, 2.45) is 11.8 Å². The number of piperidine rings is 1. The largest absolute Gasteiger partial charge is 0.376 e.